The lowest BCUT2D eigenvalue weighted by atomic mass is 9.78. The smallest absolute Gasteiger partial charge is 0.167 e. The van der Waals surface area contributed by atoms with Gasteiger partial charge in [0.15, 0.2) is 9.76 Å². The van der Waals surface area contributed by atoms with Crippen LogP contribution in [-0.2, 0) is 17.3 Å². The topological polar surface area (TPSA) is 9.23 Å². The van der Waals surface area contributed by atoms with Gasteiger partial charge in [0.1, 0.15) is 0 Å². The van der Waals surface area contributed by atoms with Crippen LogP contribution in [-0.4, -0.2) is 20.8 Å². The van der Waals surface area contributed by atoms with Gasteiger partial charge in [-0.05, 0) is 45.3 Å². The minimum Gasteiger partial charge on any atom is -0.423 e. The Morgan fingerprint density at radius 3 is 2.05 bits per heavy atom. The molecular weight excluding hydrogens is 399 g/mol. The van der Waals surface area contributed by atoms with Gasteiger partial charge >= 0.3 is 0 Å². The maximum absolute atomic E-state index is 6.12. The SMILES string of the molecule is CCC(C)(C)C(C)(C)[SiH2]OCCc1ccc(CCCI)cc1. The summed E-state index contributed by atoms with van der Waals surface area (Å²) >= 11 is 2.45. The lowest BCUT2D eigenvalue weighted by molar-refractivity contribution is 0.218. The van der Waals surface area contributed by atoms with Crippen molar-refractivity contribution in [3.63, 3.8) is 0 Å². The predicted octanol–water partition coefficient (Wildman–Crippen LogP) is 5.33. The number of rotatable bonds is 10. The van der Waals surface area contributed by atoms with E-state index in [1.165, 1.54) is 34.8 Å². The Morgan fingerprint density at radius 1 is 1.00 bits per heavy atom. The molecule has 22 heavy (non-hydrogen) atoms. The molecule has 0 aromatic heterocycles. The summed E-state index contributed by atoms with van der Waals surface area (Å²) < 4.78 is 7.36. The Kier molecular flexibility index (Phi) is 8.65. The van der Waals surface area contributed by atoms with Gasteiger partial charge in [-0.1, -0.05) is 87.9 Å². The van der Waals surface area contributed by atoms with Crippen LogP contribution in [0.3, 0.4) is 0 Å². The van der Waals surface area contributed by atoms with Crippen LogP contribution in [0.25, 0.3) is 0 Å². The maximum atomic E-state index is 6.12. The fourth-order valence-corrected chi connectivity index (χ4v) is 4.16. The van der Waals surface area contributed by atoms with Crippen molar-refractivity contribution in [2.75, 3.05) is 11.0 Å². The highest BCUT2D eigenvalue weighted by molar-refractivity contribution is 14.1. The molecule has 0 atom stereocenters. The first-order valence-corrected chi connectivity index (χ1v) is 11.3. The van der Waals surface area contributed by atoms with Gasteiger partial charge in [-0.2, -0.15) is 0 Å². The Labute approximate surface area is 153 Å². The summed E-state index contributed by atoms with van der Waals surface area (Å²) in [5.41, 5.74) is 3.24. The highest BCUT2D eigenvalue weighted by atomic mass is 127. The Balaban J connectivity index is 2.35. The normalized spacial score (nSPS) is 13.2. The largest absolute Gasteiger partial charge is 0.423 e. The number of alkyl halides is 1. The predicted molar refractivity (Wildman–Crippen MR) is 110 cm³/mol. The molecule has 0 saturated heterocycles. The van der Waals surface area contributed by atoms with E-state index >= 15 is 0 Å². The van der Waals surface area contributed by atoms with Crippen molar-refractivity contribution in [2.24, 2.45) is 5.41 Å². The molecule has 0 saturated carbocycles. The van der Waals surface area contributed by atoms with Crippen LogP contribution in [0.1, 0.15) is 58.6 Å². The van der Waals surface area contributed by atoms with Crippen molar-refractivity contribution >= 4 is 32.4 Å². The zero-order chi connectivity index (χ0) is 16.6. The van der Waals surface area contributed by atoms with Gasteiger partial charge in [-0.15, -0.1) is 0 Å². The summed E-state index contributed by atoms with van der Waals surface area (Å²) in [7, 11) is -0.512. The molecule has 0 bridgehead atoms. The second-order valence-corrected chi connectivity index (χ2v) is 11.1. The van der Waals surface area contributed by atoms with Crippen LogP contribution in [0.4, 0.5) is 0 Å². The fraction of sp³-hybridized carbons (Fsp3) is 0.684. The molecule has 0 amide bonds. The number of halogens is 1. The molecule has 1 rings (SSSR count). The van der Waals surface area contributed by atoms with Crippen LogP contribution in [0, 0.1) is 5.41 Å². The van der Waals surface area contributed by atoms with Gasteiger partial charge < -0.3 is 4.43 Å². The molecule has 0 spiro atoms. The van der Waals surface area contributed by atoms with Crippen LogP contribution in [0.2, 0.25) is 5.04 Å². The minimum absolute atomic E-state index is 0.352. The molecule has 0 radical (unpaired) electrons. The van der Waals surface area contributed by atoms with Crippen molar-refractivity contribution in [1.29, 1.82) is 0 Å². The maximum Gasteiger partial charge on any atom is 0.167 e. The highest BCUT2D eigenvalue weighted by Gasteiger charge is 2.35. The monoisotopic (exact) mass is 432 g/mol. The molecular formula is C19H33IOSi. The molecule has 0 aliphatic heterocycles. The van der Waals surface area contributed by atoms with Crippen LogP contribution in [0.5, 0.6) is 0 Å². The minimum atomic E-state index is -0.512. The zero-order valence-corrected chi connectivity index (χ0v) is 18.6. The third-order valence-corrected chi connectivity index (χ3v) is 8.27. The molecule has 1 aromatic rings. The average Bonchev–Trinajstić information content (AvgIpc) is 2.50. The molecule has 0 fully saturated rings. The van der Waals surface area contributed by atoms with E-state index in [1.54, 1.807) is 0 Å². The van der Waals surface area contributed by atoms with Gasteiger partial charge in [0, 0.05) is 6.61 Å². The van der Waals surface area contributed by atoms with E-state index in [-0.39, 0.29) is 0 Å². The Hall–Kier alpha value is 0.127. The van der Waals surface area contributed by atoms with Crippen LogP contribution >= 0.6 is 22.6 Å². The van der Waals surface area contributed by atoms with Crippen molar-refractivity contribution in [1.82, 2.24) is 0 Å². The second kappa shape index (κ2) is 9.43. The summed E-state index contributed by atoms with van der Waals surface area (Å²) in [6.07, 6.45) is 4.74. The van der Waals surface area contributed by atoms with E-state index in [0.29, 0.717) is 10.5 Å². The Morgan fingerprint density at radius 2 is 1.55 bits per heavy atom. The number of benzene rings is 1. The van der Waals surface area contributed by atoms with E-state index in [2.05, 4.69) is 81.5 Å². The summed E-state index contributed by atoms with van der Waals surface area (Å²) in [5, 5.41) is 0.352. The summed E-state index contributed by atoms with van der Waals surface area (Å²) in [5.74, 6) is 0. The van der Waals surface area contributed by atoms with Crippen LogP contribution < -0.4 is 0 Å². The molecule has 3 heteroatoms. The van der Waals surface area contributed by atoms with Crippen molar-refractivity contribution < 1.29 is 4.43 Å². The first kappa shape index (κ1) is 20.2. The molecule has 0 aliphatic rings. The van der Waals surface area contributed by atoms with Crippen molar-refractivity contribution in [2.45, 2.75) is 65.3 Å². The summed E-state index contributed by atoms with van der Waals surface area (Å²) in [6.45, 7) is 12.7. The van der Waals surface area contributed by atoms with E-state index in [0.717, 1.165) is 13.0 Å². The molecule has 0 heterocycles. The van der Waals surface area contributed by atoms with Gasteiger partial charge in [-0.25, -0.2) is 0 Å². The number of hydrogen-bond acceptors (Lipinski definition) is 1. The lowest BCUT2D eigenvalue weighted by Gasteiger charge is -2.40. The quantitative estimate of drug-likeness (QED) is 0.210. The van der Waals surface area contributed by atoms with Gasteiger partial charge in [0.2, 0.25) is 0 Å². The van der Waals surface area contributed by atoms with E-state index in [1.807, 2.05) is 0 Å². The molecule has 126 valence electrons. The molecule has 0 aliphatic carbocycles. The zero-order valence-electron chi connectivity index (χ0n) is 15.0. The van der Waals surface area contributed by atoms with Crippen molar-refractivity contribution in [3.8, 4) is 0 Å². The van der Waals surface area contributed by atoms with E-state index in [4.69, 9.17) is 4.43 Å². The van der Waals surface area contributed by atoms with E-state index < -0.39 is 9.76 Å². The number of aryl methyl sites for hydroxylation is 1. The second-order valence-electron chi connectivity index (χ2n) is 7.53. The van der Waals surface area contributed by atoms with Gasteiger partial charge in [0.05, 0.1) is 0 Å². The molecule has 1 aromatic carbocycles. The molecule has 1 nitrogen and oxygen atoms in total. The summed E-state index contributed by atoms with van der Waals surface area (Å²) in [4.78, 5) is 0. The fourth-order valence-electron chi connectivity index (χ4n) is 2.33. The average molecular weight is 432 g/mol. The lowest BCUT2D eigenvalue weighted by Crippen LogP contribution is -2.32. The van der Waals surface area contributed by atoms with Crippen LogP contribution in [0.15, 0.2) is 24.3 Å². The third kappa shape index (κ3) is 6.32. The highest BCUT2D eigenvalue weighted by Crippen LogP contribution is 2.46. The van der Waals surface area contributed by atoms with Crippen molar-refractivity contribution in [3.05, 3.63) is 35.4 Å². The van der Waals surface area contributed by atoms with Gasteiger partial charge in [-0.3, -0.25) is 0 Å². The van der Waals surface area contributed by atoms with E-state index in [9.17, 15) is 0 Å². The molecule has 0 N–H and O–H groups in total. The first-order valence-electron chi connectivity index (χ1n) is 8.54. The van der Waals surface area contributed by atoms with Gasteiger partial charge in [0.25, 0.3) is 0 Å². The molecule has 0 unspecified atom stereocenters. The number of hydrogen-bond donors (Lipinski definition) is 0. The Bertz CT molecular complexity index is 426. The first-order chi connectivity index (χ1) is 10.3. The third-order valence-electron chi connectivity index (χ3n) is 5.34. The summed E-state index contributed by atoms with van der Waals surface area (Å²) in [6, 6.07) is 9.11. The standard InChI is InChI=1S/C19H33IOSi/c1-6-18(2,3)19(4,5)22-21-15-13-17-11-9-16(10-12-17)8-7-14-20/h9-12H,6-8,13-15,22H2,1-5H3.